The highest BCUT2D eigenvalue weighted by Crippen LogP contribution is 2.29. The molecule has 0 radical (unpaired) electrons. The highest BCUT2D eigenvalue weighted by Gasteiger charge is 2.41. The molecule has 1 unspecified atom stereocenters. The minimum atomic E-state index is -1.12. The molecule has 0 saturated heterocycles. The van der Waals surface area contributed by atoms with E-state index in [0.29, 0.717) is 12.8 Å². The molecule has 6 heteroatoms. The molecule has 1 aliphatic carbocycles. The lowest BCUT2D eigenvalue weighted by atomic mass is 9.77. The van der Waals surface area contributed by atoms with Crippen molar-refractivity contribution >= 4 is 11.9 Å². The Morgan fingerprint density at radius 1 is 1.60 bits per heavy atom. The maximum atomic E-state index is 11.6. The Balaban J connectivity index is 2.50. The first kappa shape index (κ1) is 11.9. The summed E-state index contributed by atoms with van der Waals surface area (Å²) in [5.41, 5.74) is 4.87. The van der Waals surface area contributed by atoms with Crippen LogP contribution in [0.2, 0.25) is 0 Å². The minimum Gasteiger partial charge on any atom is -0.480 e. The van der Waals surface area contributed by atoms with Crippen LogP contribution in [0, 0.1) is 0 Å². The number of carbonyl (C=O) groups excluding carboxylic acids is 1. The summed E-state index contributed by atoms with van der Waals surface area (Å²) in [5, 5.41) is 11.1. The number of ether oxygens (including phenoxy) is 1. The lowest BCUT2D eigenvalue weighted by Gasteiger charge is -2.36. The highest BCUT2D eigenvalue weighted by molar-refractivity contribution is 5.90. The molecule has 1 aliphatic rings. The predicted octanol–water partition coefficient (Wildman–Crippen LogP) is -0.916. The van der Waals surface area contributed by atoms with Crippen LogP contribution >= 0.6 is 0 Å². The van der Waals surface area contributed by atoms with E-state index in [1.165, 1.54) is 7.11 Å². The van der Waals surface area contributed by atoms with E-state index in [-0.39, 0.29) is 6.61 Å². The number of nitrogens with two attached hydrogens (primary N) is 1. The third kappa shape index (κ3) is 2.66. The van der Waals surface area contributed by atoms with E-state index in [2.05, 4.69) is 5.32 Å². The number of carboxylic acids is 1. The molecule has 1 fully saturated rings. The number of hydrogen-bond donors (Lipinski definition) is 3. The van der Waals surface area contributed by atoms with Gasteiger partial charge in [0.25, 0.3) is 0 Å². The molecule has 0 aromatic heterocycles. The average Bonchev–Trinajstić information content (AvgIpc) is 2.13. The number of amides is 1. The summed E-state index contributed by atoms with van der Waals surface area (Å²) >= 11 is 0. The van der Waals surface area contributed by atoms with Crippen molar-refractivity contribution in [2.24, 2.45) is 5.73 Å². The van der Waals surface area contributed by atoms with Crippen molar-refractivity contribution in [2.75, 3.05) is 13.7 Å². The van der Waals surface area contributed by atoms with E-state index in [0.717, 1.165) is 6.42 Å². The molecule has 1 amide bonds. The van der Waals surface area contributed by atoms with Crippen LogP contribution in [-0.4, -0.2) is 42.3 Å². The van der Waals surface area contributed by atoms with Crippen molar-refractivity contribution in [2.45, 2.75) is 30.8 Å². The fourth-order valence-corrected chi connectivity index (χ4v) is 1.43. The summed E-state index contributed by atoms with van der Waals surface area (Å²) in [6.45, 7) is -0.0584. The maximum Gasteiger partial charge on any atom is 0.328 e. The average molecular weight is 216 g/mol. The molecule has 0 bridgehead atoms. The van der Waals surface area contributed by atoms with Crippen molar-refractivity contribution in [3.8, 4) is 0 Å². The van der Waals surface area contributed by atoms with Crippen LogP contribution in [0.3, 0.4) is 0 Å². The lowest BCUT2D eigenvalue weighted by molar-refractivity contribution is -0.144. The van der Waals surface area contributed by atoms with Crippen LogP contribution in [0.25, 0.3) is 0 Å². The number of carboxylic acid groups (broad SMARTS) is 1. The fourth-order valence-electron chi connectivity index (χ4n) is 1.43. The summed E-state index contributed by atoms with van der Waals surface area (Å²) in [6.07, 6.45) is 2.13. The van der Waals surface area contributed by atoms with E-state index in [1.807, 2.05) is 0 Å². The zero-order chi connectivity index (χ0) is 11.5. The monoisotopic (exact) mass is 216 g/mol. The van der Waals surface area contributed by atoms with Gasteiger partial charge in [0, 0.05) is 7.11 Å². The van der Waals surface area contributed by atoms with Gasteiger partial charge < -0.3 is 20.9 Å². The van der Waals surface area contributed by atoms with Crippen LogP contribution < -0.4 is 11.1 Å². The van der Waals surface area contributed by atoms with Gasteiger partial charge in [0.05, 0.1) is 12.1 Å². The molecule has 1 atom stereocenters. The Hall–Kier alpha value is -1.14. The molecule has 1 saturated carbocycles. The molecule has 15 heavy (non-hydrogen) atoms. The molecule has 0 spiro atoms. The third-order valence-corrected chi connectivity index (χ3v) is 2.63. The van der Waals surface area contributed by atoms with E-state index in [9.17, 15) is 9.59 Å². The minimum absolute atomic E-state index is 0.0584. The summed E-state index contributed by atoms with van der Waals surface area (Å²) in [6, 6.07) is -1.02. The second-order valence-corrected chi connectivity index (χ2v) is 3.83. The third-order valence-electron chi connectivity index (χ3n) is 2.63. The maximum absolute atomic E-state index is 11.6. The molecule has 0 heterocycles. The van der Waals surface area contributed by atoms with Crippen molar-refractivity contribution in [3.63, 3.8) is 0 Å². The van der Waals surface area contributed by atoms with Crippen molar-refractivity contribution in [3.05, 3.63) is 0 Å². The molecule has 0 aromatic rings. The summed E-state index contributed by atoms with van der Waals surface area (Å²) in [5.74, 6) is -1.52. The number of hydrogen-bond acceptors (Lipinski definition) is 4. The SMILES string of the molecule is COCC(NC(=O)C1(N)CCC1)C(=O)O. The van der Waals surface area contributed by atoms with Crippen LogP contribution in [0.1, 0.15) is 19.3 Å². The zero-order valence-electron chi connectivity index (χ0n) is 8.66. The molecule has 0 aromatic carbocycles. The van der Waals surface area contributed by atoms with Crippen LogP contribution in [0.5, 0.6) is 0 Å². The first-order valence-electron chi connectivity index (χ1n) is 4.81. The van der Waals surface area contributed by atoms with Gasteiger partial charge in [0.1, 0.15) is 0 Å². The normalized spacial score (nSPS) is 20.1. The summed E-state index contributed by atoms with van der Waals surface area (Å²) in [7, 11) is 1.38. The Bertz CT molecular complexity index is 263. The Morgan fingerprint density at radius 3 is 2.53 bits per heavy atom. The second kappa shape index (κ2) is 4.59. The smallest absolute Gasteiger partial charge is 0.328 e. The Labute approximate surface area is 87.8 Å². The number of rotatable bonds is 5. The molecule has 6 nitrogen and oxygen atoms in total. The van der Waals surface area contributed by atoms with E-state index < -0.39 is 23.5 Å². The zero-order valence-corrected chi connectivity index (χ0v) is 8.66. The van der Waals surface area contributed by atoms with E-state index in [4.69, 9.17) is 15.6 Å². The quantitative estimate of drug-likeness (QED) is 0.552. The summed E-state index contributed by atoms with van der Waals surface area (Å²) < 4.78 is 4.69. The van der Waals surface area contributed by atoms with Crippen molar-refractivity contribution < 1.29 is 19.4 Å². The van der Waals surface area contributed by atoms with Crippen molar-refractivity contribution in [1.82, 2.24) is 5.32 Å². The Morgan fingerprint density at radius 2 is 2.20 bits per heavy atom. The number of nitrogens with one attached hydrogen (secondary N) is 1. The van der Waals surface area contributed by atoms with Gasteiger partial charge in [-0.25, -0.2) is 4.79 Å². The number of methoxy groups -OCH3 is 1. The van der Waals surface area contributed by atoms with Crippen LogP contribution in [-0.2, 0) is 14.3 Å². The topological polar surface area (TPSA) is 102 Å². The molecule has 0 aliphatic heterocycles. The van der Waals surface area contributed by atoms with Gasteiger partial charge in [0.2, 0.25) is 5.91 Å². The number of carbonyl (C=O) groups is 2. The van der Waals surface area contributed by atoms with E-state index >= 15 is 0 Å². The van der Waals surface area contributed by atoms with Crippen LogP contribution in [0.15, 0.2) is 0 Å². The largest absolute Gasteiger partial charge is 0.480 e. The second-order valence-electron chi connectivity index (χ2n) is 3.83. The molecule has 4 N–H and O–H groups in total. The van der Waals surface area contributed by atoms with Gasteiger partial charge in [-0.1, -0.05) is 0 Å². The first-order valence-corrected chi connectivity index (χ1v) is 4.81. The van der Waals surface area contributed by atoms with Crippen molar-refractivity contribution in [1.29, 1.82) is 0 Å². The van der Waals surface area contributed by atoms with Gasteiger partial charge in [-0.15, -0.1) is 0 Å². The standard InChI is InChI=1S/C9H16N2O4/c1-15-5-6(7(12)13)11-8(14)9(10)3-2-4-9/h6H,2-5,10H2,1H3,(H,11,14)(H,12,13). The number of aliphatic carboxylic acids is 1. The fraction of sp³-hybridized carbons (Fsp3) is 0.778. The molecular weight excluding hydrogens is 200 g/mol. The first-order chi connectivity index (χ1) is 6.99. The predicted molar refractivity (Wildman–Crippen MR) is 52.2 cm³/mol. The van der Waals surface area contributed by atoms with Gasteiger partial charge >= 0.3 is 5.97 Å². The van der Waals surface area contributed by atoms with Gasteiger partial charge in [-0.2, -0.15) is 0 Å². The van der Waals surface area contributed by atoms with Crippen LogP contribution in [0.4, 0.5) is 0 Å². The molecular formula is C9H16N2O4. The lowest BCUT2D eigenvalue weighted by Crippen LogP contribution is -2.61. The van der Waals surface area contributed by atoms with Gasteiger partial charge in [-0.05, 0) is 19.3 Å². The molecule has 1 rings (SSSR count). The van der Waals surface area contributed by atoms with Gasteiger partial charge in [0.15, 0.2) is 6.04 Å². The Kier molecular flexibility index (Phi) is 3.65. The van der Waals surface area contributed by atoms with E-state index in [1.54, 1.807) is 0 Å². The molecule has 86 valence electrons. The van der Waals surface area contributed by atoms with Gasteiger partial charge in [-0.3, -0.25) is 4.79 Å². The summed E-state index contributed by atoms with van der Waals surface area (Å²) in [4.78, 5) is 22.3. The highest BCUT2D eigenvalue weighted by atomic mass is 16.5.